The molecule has 2 saturated heterocycles. The van der Waals surface area contributed by atoms with Gasteiger partial charge in [-0.05, 0) is 57.8 Å². The molecule has 0 bridgehead atoms. The second-order valence-electron chi connectivity index (χ2n) is 16.6. The first-order valence-electron chi connectivity index (χ1n) is 23.9. The molecule has 0 aromatic carbocycles. The Morgan fingerprint density at radius 3 is 1.59 bits per heavy atom. The van der Waals surface area contributed by atoms with E-state index < -0.39 is 86.7 Å². The zero-order valence-electron chi connectivity index (χ0n) is 38.3. The standard InChI is InChI=1S/C49H84O14/c1-3-5-7-8-9-10-11-12-13-14-15-16-17-18-19-20-21-22-23-24-25-26-27-28-29-31-33-58-35-38(61-41(51)32-30-6-4-2)36-59-48-47(57)45(55)43(53)40(63-48)37-60-49-46(56)44(54)42(52)39(34-50)62-49/h5,7,9-10,12-13,15-16,18-19,38-40,42-50,52-57H,3-4,6,8,11,14,17,20-37H2,1-2H3/b7-5-,10-9-,13-12-,16-15-,19-18-. The molecule has 0 spiro atoms. The van der Waals surface area contributed by atoms with E-state index in [0.717, 1.165) is 70.6 Å². The molecule has 7 N–H and O–H groups in total. The van der Waals surface area contributed by atoms with E-state index in [1.807, 2.05) is 6.92 Å². The SMILES string of the molecule is CC/C=C\C/C=C\C/C=C\C/C=C\C/C=C\CCCCCCCCCCCCOCC(COC1OC(COC2OC(CO)C(O)C(O)C2O)C(O)C(O)C1O)OC(=O)CCCCC. The van der Waals surface area contributed by atoms with Crippen molar-refractivity contribution >= 4 is 5.97 Å². The lowest BCUT2D eigenvalue weighted by Gasteiger charge is -2.42. The maximum Gasteiger partial charge on any atom is 0.306 e. The summed E-state index contributed by atoms with van der Waals surface area (Å²) in [5.74, 6) is -0.405. The molecule has 364 valence electrons. The Morgan fingerprint density at radius 1 is 0.540 bits per heavy atom. The first-order valence-corrected chi connectivity index (χ1v) is 23.9. The van der Waals surface area contributed by atoms with Crippen LogP contribution in [0.25, 0.3) is 0 Å². The number of ether oxygens (including phenoxy) is 6. The van der Waals surface area contributed by atoms with Gasteiger partial charge in [0.1, 0.15) is 54.9 Å². The van der Waals surface area contributed by atoms with Gasteiger partial charge in [-0.15, -0.1) is 0 Å². The minimum atomic E-state index is -1.70. The summed E-state index contributed by atoms with van der Waals surface area (Å²) in [6.45, 7) is 3.35. The highest BCUT2D eigenvalue weighted by atomic mass is 16.7. The van der Waals surface area contributed by atoms with E-state index in [-0.39, 0.29) is 19.6 Å². The largest absolute Gasteiger partial charge is 0.457 e. The zero-order chi connectivity index (χ0) is 45.9. The molecule has 14 heteroatoms. The fourth-order valence-corrected chi connectivity index (χ4v) is 7.13. The second-order valence-corrected chi connectivity index (χ2v) is 16.6. The van der Waals surface area contributed by atoms with Crippen molar-refractivity contribution in [3.05, 3.63) is 60.8 Å². The fraction of sp³-hybridized carbons (Fsp3) is 0.776. The fourth-order valence-electron chi connectivity index (χ4n) is 7.13. The summed E-state index contributed by atoms with van der Waals surface area (Å²) >= 11 is 0. The number of carbonyl (C=O) groups is 1. The van der Waals surface area contributed by atoms with Crippen molar-refractivity contribution in [2.75, 3.05) is 33.0 Å². The molecule has 0 radical (unpaired) electrons. The Morgan fingerprint density at radius 2 is 1.03 bits per heavy atom. The van der Waals surface area contributed by atoms with Crippen LogP contribution in [-0.4, -0.2) is 142 Å². The molecule has 0 aromatic heterocycles. The van der Waals surface area contributed by atoms with Gasteiger partial charge in [-0.3, -0.25) is 4.79 Å². The molecular formula is C49H84O14. The number of hydrogen-bond donors (Lipinski definition) is 7. The van der Waals surface area contributed by atoms with Crippen LogP contribution < -0.4 is 0 Å². The molecule has 14 nitrogen and oxygen atoms in total. The number of carbonyl (C=O) groups excluding carboxylic acids is 1. The van der Waals surface area contributed by atoms with Crippen molar-refractivity contribution in [3.8, 4) is 0 Å². The molecule has 11 atom stereocenters. The van der Waals surface area contributed by atoms with E-state index in [9.17, 15) is 40.5 Å². The van der Waals surface area contributed by atoms with Gasteiger partial charge in [-0.1, -0.05) is 139 Å². The van der Waals surface area contributed by atoms with Crippen LogP contribution in [0.15, 0.2) is 60.8 Å². The minimum Gasteiger partial charge on any atom is -0.457 e. The summed E-state index contributed by atoms with van der Waals surface area (Å²) in [6, 6.07) is 0. The Labute approximate surface area is 377 Å². The molecule has 0 saturated carbocycles. The molecule has 2 fully saturated rings. The van der Waals surface area contributed by atoms with Crippen LogP contribution in [-0.2, 0) is 33.2 Å². The quantitative estimate of drug-likeness (QED) is 0.0213. The highest BCUT2D eigenvalue weighted by molar-refractivity contribution is 5.69. The van der Waals surface area contributed by atoms with Gasteiger partial charge < -0.3 is 64.2 Å². The summed E-state index contributed by atoms with van der Waals surface area (Å²) in [7, 11) is 0. The Hall–Kier alpha value is -2.31. The Bertz CT molecular complexity index is 1270. The predicted octanol–water partition coefficient (Wildman–Crippen LogP) is 6.18. The van der Waals surface area contributed by atoms with Gasteiger partial charge in [0.25, 0.3) is 0 Å². The molecule has 11 unspecified atom stereocenters. The molecule has 0 aromatic rings. The number of aliphatic hydroxyl groups excluding tert-OH is 7. The van der Waals surface area contributed by atoms with E-state index in [2.05, 4.69) is 67.7 Å². The molecular weight excluding hydrogens is 813 g/mol. The van der Waals surface area contributed by atoms with Crippen molar-refractivity contribution in [2.45, 2.75) is 210 Å². The Balaban J connectivity index is 1.60. The highest BCUT2D eigenvalue weighted by Crippen LogP contribution is 2.26. The van der Waals surface area contributed by atoms with Gasteiger partial charge in [-0.2, -0.15) is 0 Å². The van der Waals surface area contributed by atoms with Gasteiger partial charge >= 0.3 is 5.97 Å². The number of allylic oxidation sites excluding steroid dienone is 10. The zero-order valence-corrected chi connectivity index (χ0v) is 38.3. The maximum atomic E-state index is 12.6. The number of hydrogen-bond acceptors (Lipinski definition) is 14. The number of esters is 1. The van der Waals surface area contributed by atoms with Crippen LogP contribution in [0.3, 0.4) is 0 Å². The summed E-state index contributed by atoms with van der Waals surface area (Å²) in [4.78, 5) is 12.6. The molecule has 2 rings (SSSR count). The van der Waals surface area contributed by atoms with Crippen molar-refractivity contribution in [2.24, 2.45) is 0 Å². The topological polar surface area (TPSA) is 214 Å². The number of rotatable bonds is 36. The first kappa shape index (κ1) is 56.8. The van der Waals surface area contributed by atoms with Crippen LogP contribution in [0.4, 0.5) is 0 Å². The first-order chi connectivity index (χ1) is 30.6. The van der Waals surface area contributed by atoms with Crippen molar-refractivity contribution in [1.82, 2.24) is 0 Å². The van der Waals surface area contributed by atoms with E-state index in [1.165, 1.54) is 44.9 Å². The molecule has 0 aliphatic carbocycles. The van der Waals surface area contributed by atoms with E-state index in [4.69, 9.17) is 28.4 Å². The van der Waals surface area contributed by atoms with Crippen LogP contribution in [0.1, 0.15) is 142 Å². The Kier molecular flexibility index (Phi) is 33.2. The summed E-state index contributed by atoms with van der Waals surface area (Å²) in [5.41, 5.74) is 0. The third kappa shape index (κ3) is 25.3. The maximum absolute atomic E-state index is 12.6. The number of unbranched alkanes of at least 4 members (excludes halogenated alkanes) is 12. The van der Waals surface area contributed by atoms with Gasteiger partial charge in [0.2, 0.25) is 0 Å². The minimum absolute atomic E-state index is 0.0538. The summed E-state index contributed by atoms with van der Waals surface area (Å²) < 4.78 is 33.8. The predicted molar refractivity (Wildman–Crippen MR) is 242 cm³/mol. The smallest absolute Gasteiger partial charge is 0.306 e. The third-order valence-electron chi connectivity index (χ3n) is 11.0. The number of aliphatic hydroxyl groups is 7. The average molecular weight is 897 g/mol. The molecule has 2 aliphatic rings. The van der Waals surface area contributed by atoms with Crippen molar-refractivity contribution in [3.63, 3.8) is 0 Å². The van der Waals surface area contributed by atoms with Crippen molar-refractivity contribution in [1.29, 1.82) is 0 Å². The lowest BCUT2D eigenvalue weighted by Crippen LogP contribution is -2.61. The summed E-state index contributed by atoms with van der Waals surface area (Å²) in [6.07, 6.45) is 26.9. The lowest BCUT2D eigenvalue weighted by atomic mass is 9.98. The molecule has 63 heavy (non-hydrogen) atoms. The van der Waals surface area contributed by atoms with E-state index in [1.54, 1.807) is 0 Å². The van der Waals surface area contributed by atoms with Crippen LogP contribution in [0.2, 0.25) is 0 Å². The van der Waals surface area contributed by atoms with Gasteiger partial charge in [0.05, 0.1) is 26.4 Å². The average Bonchev–Trinajstić information content (AvgIpc) is 3.28. The van der Waals surface area contributed by atoms with Crippen molar-refractivity contribution < 1.29 is 69.0 Å². The van der Waals surface area contributed by atoms with Gasteiger partial charge in [0, 0.05) is 13.0 Å². The van der Waals surface area contributed by atoms with Crippen LogP contribution >= 0.6 is 0 Å². The second kappa shape index (κ2) is 36.9. The van der Waals surface area contributed by atoms with Gasteiger partial charge in [0.15, 0.2) is 12.6 Å². The molecule has 0 amide bonds. The molecule has 2 aliphatic heterocycles. The third-order valence-corrected chi connectivity index (χ3v) is 11.0. The van der Waals surface area contributed by atoms with Crippen LogP contribution in [0, 0.1) is 0 Å². The van der Waals surface area contributed by atoms with Gasteiger partial charge in [-0.25, -0.2) is 0 Å². The van der Waals surface area contributed by atoms with E-state index >= 15 is 0 Å². The molecule has 2 heterocycles. The normalized spacial score (nSPS) is 27.5. The summed E-state index contributed by atoms with van der Waals surface area (Å²) in [5, 5.41) is 71.6. The van der Waals surface area contributed by atoms with E-state index in [0.29, 0.717) is 13.0 Å². The lowest BCUT2D eigenvalue weighted by molar-refractivity contribution is -0.332. The van der Waals surface area contributed by atoms with Crippen LogP contribution in [0.5, 0.6) is 0 Å². The monoisotopic (exact) mass is 897 g/mol. The highest BCUT2D eigenvalue weighted by Gasteiger charge is 2.47.